The third-order valence-corrected chi connectivity index (χ3v) is 2.42. The Morgan fingerprint density at radius 1 is 0.667 bits per heavy atom. The van der Waals surface area contributed by atoms with E-state index in [2.05, 4.69) is 19.7 Å². The molecule has 0 unspecified atom stereocenters. The highest BCUT2D eigenvalue weighted by molar-refractivity contribution is 6.25. The zero-order valence-corrected chi connectivity index (χ0v) is 12.9. The zero-order valence-electron chi connectivity index (χ0n) is 12.2. The normalized spacial score (nSPS) is 8.62. The standard InChI is InChI=1S/2C8H8.C4H5Cl/c2*1-2-8-6-4-3-5-7-8;1-2-3-4-5/h2*2-7H,1H2;2-4H,1H2. The van der Waals surface area contributed by atoms with E-state index in [0.717, 1.165) is 0 Å². The first-order valence-corrected chi connectivity index (χ1v) is 6.94. The summed E-state index contributed by atoms with van der Waals surface area (Å²) in [5.41, 5.74) is 3.76. The number of halogens is 1. The largest absolute Gasteiger partial charge is 0.0990 e. The second-order valence-corrected chi connectivity index (χ2v) is 4.04. The highest BCUT2D eigenvalue weighted by Gasteiger charge is 1.76. The van der Waals surface area contributed by atoms with Gasteiger partial charge >= 0.3 is 0 Å². The fourth-order valence-electron chi connectivity index (χ4n) is 1.23. The highest BCUT2D eigenvalue weighted by atomic mass is 35.5. The lowest BCUT2D eigenvalue weighted by Gasteiger charge is -1.85. The van der Waals surface area contributed by atoms with E-state index in [1.165, 1.54) is 16.7 Å². The van der Waals surface area contributed by atoms with Gasteiger partial charge in [0.15, 0.2) is 0 Å². The summed E-state index contributed by atoms with van der Waals surface area (Å²) in [6.07, 6.45) is 6.94. The van der Waals surface area contributed by atoms with Crippen LogP contribution in [0.1, 0.15) is 11.1 Å². The Morgan fingerprint density at radius 3 is 1.19 bits per heavy atom. The van der Waals surface area contributed by atoms with E-state index in [1.54, 1.807) is 12.2 Å². The molecule has 108 valence electrons. The minimum Gasteiger partial charge on any atom is -0.0990 e. The summed E-state index contributed by atoms with van der Waals surface area (Å²) in [5.74, 6) is 0. The lowest BCUT2D eigenvalue weighted by atomic mass is 10.2. The maximum absolute atomic E-state index is 5.05. The monoisotopic (exact) mass is 296 g/mol. The Bertz CT molecular complexity index is 481. The van der Waals surface area contributed by atoms with E-state index in [-0.39, 0.29) is 0 Å². The SMILES string of the molecule is C=CC=CCl.C=Cc1ccccc1.C=Cc1ccccc1. The molecule has 0 nitrogen and oxygen atoms in total. The van der Waals surface area contributed by atoms with Gasteiger partial charge in [0.1, 0.15) is 0 Å². The first kappa shape index (κ1) is 18.7. The molecule has 0 aliphatic rings. The number of rotatable bonds is 3. The smallest absolute Gasteiger partial charge is 0.00422 e. The number of allylic oxidation sites excluding steroid dienone is 2. The van der Waals surface area contributed by atoms with Crippen molar-refractivity contribution in [3.8, 4) is 0 Å². The first-order chi connectivity index (χ1) is 10.3. The molecular formula is C20H21Cl. The fraction of sp³-hybridized carbons (Fsp3) is 0. The topological polar surface area (TPSA) is 0 Å². The van der Waals surface area contributed by atoms with Crippen molar-refractivity contribution >= 4 is 23.8 Å². The van der Waals surface area contributed by atoms with Crippen LogP contribution in [0.4, 0.5) is 0 Å². The molecule has 0 aliphatic heterocycles. The van der Waals surface area contributed by atoms with Crippen LogP contribution in [-0.2, 0) is 0 Å². The second kappa shape index (κ2) is 14.1. The Labute approximate surface area is 133 Å². The van der Waals surface area contributed by atoms with Crippen LogP contribution in [-0.4, -0.2) is 0 Å². The van der Waals surface area contributed by atoms with Crippen molar-refractivity contribution < 1.29 is 0 Å². The second-order valence-electron chi connectivity index (χ2n) is 3.78. The molecule has 2 aromatic rings. The molecule has 0 amide bonds. The van der Waals surface area contributed by atoms with Gasteiger partial charge in [-0.1, -0.05) is 116 Å². The van der Waals surface area contributed by atoms with Crippen LogP contribution < -0.4 is 0 Å². The van der Waals surface area contributed by atoms with Gasteiger partial charge in [-0.15, -0.1) is 0 Å². The van der Waals surface area contributed by atoms with Crippen LogP contribution in [0.25, 0.3) is 12.2 Å². The summed E-state index contributed by atoms with van der Waals surface area (Å²) in [7, 11) is 0. The average molecular weight is 297 g/mol. The molecule has 2 rings (SSSR count). The van der Waals surface area contributed by atoms with Gasteiger partial charge in [-0.25, -0.2) is 0 Å². The van der Waals surface area contributed by atoms with Crippen molar-refractivity contribution in [1.29, 1.82) is 0 Å². The molecule has 0 radical (unpaired) electrons. The highest BCUT2D eigenvalue weighted by Crippen LogP contribution is 1.98. The molecule has 0 N–H and O–H groups in total. The minimum absolute atomic E-state index is 1.17. The van der Waals surface area contributed by atoms with Crippen molar-refractivity contribution in [1.82, 2.24) is 0 Å². The van der Waals surface area contributed by atoms with E-state index in [1.807, 2.05) is 72.8 Å². The van der Waals surface area contributed by atoms with Crippen LogP contribution in [0, 0.1) is 0 Å². The van der Waals surface area contributed by atoms with Gasteiger partial charge in [-0.05, 0) is 11.1 Å². The third kappa shape index (κ3) is 11.2. The molecule has 0 aliphatic carbocycles. The van der Waals surface area contributed by atoms with E-state index < -0.39 is 0 Å². The fourth-order valence-corrected chi connectivity index (χ4v) is 1.33. The maximum Gasteiger partial charge on any atom is 0.00422 e. The van der Waals surface area contributed by atoms with Gasteiger partial charge in [-0.3, -0.25) is 0 Å². The molecule has 0 spiro atoms. The molecule has 0 saturated heterocycles. The lowest BCUT2D eigenvalue weighted by Crippen LogP contribution is -1.63. The van der Waals surface area contributed by atoms with Crippen molar-refractivity contribution in [2.75, 3.05) is 0 Å². The number of hydrogen-bond donors (Lipinski definition) is 0. The van der Waals surface area contributed by atoms with Crippen LogP contribution in [0.3, 0.4) is 0 Å². The minimum atomic E-state index is 1.17. The van der Waals surface area contributed by atoms with Crippen LogP contribution in [0.15, 0.2) is 98.1 Å². The van der Waals surface area contributed by atoms with Crippen molar-refractivity contribution in [2.45, 2.75) is 0 Å². The van der Waals surface area contributed by atoms with Crippen molar-refractivity contribution in [3.05, 3.63) is 109 Å². The van der Waals surface area contributed by atoms with E-state index >= 15 is 0 Å². The summed E-state index contributed by atoms with van der Waals surface area (Å²) >= 11 is 5.05. The van der Waals surface area contributed by atoms with Gasteiger partial charge in [-0.2, -0.15) is 0 Å². The maximum atomic E-state index is 5.05. The summed E-state index contributed by atoms with van der Waals surface area (Å²) < 4.78 is 0. The van der Waals surface area contributed by atoms with E-state index in [0.29, 0.717) is 0 Å². The van der Waals surface area contributed by atoms with Crippen LogP contribution in [0.2, 0.25) is 0 Å². The summed E-state index contributed by atoms with van der Waals surface area (Å²) in [4.78, 5) is 0. The molecule has 0 atom stereocenters. The molecular weight excluding hydrogens is 276 g/mol. The van der Waals surface area contributed by atoms with Gasteiger partial charge in [0, 0.05) is 5.54 Å². The molecule has 0 saturated carbocycles. The lowest BCUT2D eigenvalue weighted by molar-refractivity contribution is 1.67. The Kier molecular flexibility index (Phi) is 12.6. The third-order valence-electron chi connectivity index (χ3n) is 2.28. The molecule has 1 heteroatoms. The molecule has 0 heterocycles. The number of hydrogen-bond acceptors (Lipinski definition) is 0. The Balaban J connectivity index is 0.000000296. The number of benzene rings is 2. The molecule has 21 heavy (non-hydrogen) atoms. The van der Waals surface area contributed by atoms with Gasteiger partial charge in [0.05, 0.1) is 0 Å². The summed E-state index contributed by atoms with van der Waals surface area (Å²) in [6.45, 7) is 10.6. The predicted molar refractivity (Wildman–Crippen MR) is 98.3 cm³/mol. The van der Waals surface area contributed by atoms with Gasteiger partial charge in [0.25, 0.3) is 0 Å². The Morgan fingerprint density at radius 2 is 1.05 bits per heavy atom. The molecule has 2 aromatic carbocycles. The van der Waals surface area contributed by atoms with Crippen molar-refractivity contribution in [3.63, 3.8) is 0 Å². The van der Waals surface area contributed by atoms with E-state index in [9.17, 15) is 0 Å². The van der Waals surface area contributed by atoms with Gasteiger partial charge in [0.2, 0.25) is 0 Å². The molecule has 0 bridgehead atoms. The van der Waals surface area contributed by atoms with Crippen LogP contribution >= 0.6 is 11.6 Å². The van der Waals surface area contributed by atoms with Crippen molar-refractivity contribution in [2.24, 2.45) is 0 Å². The first-order valence-electron chi connectivity index (χ1n) is 6.51. The zero-order chi connectivity index (χ0) is 15.8. The molecule has 0 fully saturated rings. The average Bonchev–Trinajstić information content (AvgIpc) is 2.58. The predicted octanol–water partition coefficient (Wildman–Crippen LogP) is 6.58. The summed E-state index contributed by atoms with van der Waals surface area (Å²) in [6, 6.07) is 20.1. The van der Waals surface area contributed by atoms with Gasteiger partial charge < -0.3 is 0 Å². The van der Waals surface area contributed by atoms with E-state index in [4.69, 9.17) is 11.6 Å². The van der Waals surface area contributed by atoms with Crippen LogP contribution in [0.5, 0.6) is 0 Å². The quantitative estimate of drug-likeness (QED) is 0.561. The Hall–Kier alpha value is -2.31. The summed E-state index contributed by atoms with van der Waals surface area (Å²) in [5, 5.41) is 0. The molecule has 0 aromatic heterocycles.